The van der Waals surface area contributed by atoms with Crippen molar-refractivity contribution in [1.29, 1.82) is 0 Å². The van der Waals surface area contributed by atoms with Crippen LogP contribution in [-0.2, 0) is 0 Å². The van der Waals surface area contributed by atoms with Crippen LogP contribution in [0.25, 0.3) is 0 Å². The largest absolute Gasteiger partial charge is 0.362 e. The predicted octanol–water partition coefficient (Wildman–Crippen LogP) is 4.01. The molecule has 0 aliphatic carbocycles. The molecule has 1 aliphatic heterocycles. The molecule has 0 amide bonds. The van der Waals surface area contributed by atoms with Gasteiger partial charge in [-0.15, -0.1) is 0 Å². The summed E-state index contributed by atoms with van der Waals surface area (Å²) < 4.78 is 1.28. The van der Waals surface area contributed by atoms with Gasteiger partial charge >= 0.3 is 0 Å². The minimum Gasteiger partial charge on any atom is -0.362 e. The normalized spacial score (nSPS) is 21.1. The Labute approximate surface area is 156 Å². The Kier molecular flexibility index (Phi) is 4.64. The number of halogens is 1. The fourth-order valence-corrected chi connectivity index (χ4v) is 4.66. The van der Waals surface area contributed by atoms with E-state index < -0.39 is 0 Å². The van der Waals surface area contributed by atoms with Gasteiger partial charge in [-0.05, 0) is 74.6 Å². The number of thiocarbonyl (C=S) groups is 1. The van der Waals surface area contributed by atoms with Gasteiger partial charge in [-0.1, -0.05) is 6.07 Å². The third-order valence-corrected chi connectivity index (χ3v) is 6.05. The van der Waals surface area contributed by atoms with Crippen LogP contribution in [-0.4, -0.2) is 26.0 Å². The van der Waals surface area contributed by atoms with E-state index in [1.807, 2.05) is 18.3 Å². The van der Waals surface area contributed by atoms with Crippen LogP contribution in [0, 0.1) is 17.4 Å². The number of aromatic nitrogens is 2. The van der Waals surface area contributed by atoms with E-state index in [1.165, 1.54) is 20.5 Å². The second-order valence-electron chi connectivity index (χ2n) is 6.23. The lowest BCUT2D eigenvalue weighted by Gasteiger charge is -2.31. The summed E-state index contributed by atoms with van der Waals surface area (Å²) in [7, 11) is 0. The molecular formula is C17H21IN4S. The zero-order valence-electron chi connectivity index (χ0n) is 13.7. The first-order valence-electron chi connectivity index (χ1n) is 7.76. The predicted molar refractivity (Wildman–Crippen MR) is 105 cm³/mol. The van der Waals surface area contributed by atoms with Crippen LogP contribution in [0.1, 0.15) is 48.6 Å². The van der Waals surface area contributed by atoms with Crippen LogP contribution in [0.2, 0.25) is 0 Å². The van der Waals surface area contributed by atoms with Crippen LogP contribution in [0.15, 0.2) is 24.4 Å². The molecule has 0 spiro atoms. The third-order valence-electron chi connectivity index (χ3n) is 4.33. The van der Waals surface area contributed by atoms with E-state index in [1.54, 1.807) is 0 Å². The topological polar surface area (TPSA) is 44.0 Å². The monoisotopic (exact) mass is 440 g/mol. The van der Waals surface area contributed by atoms with Gasteiger partial charge in [-0.3, -0.25) is 4.98 Å². The molecule has 4 nitrogen and oxygen atoms in total. The van der Waals surface area contributed by atoms with Gasteiger partial charge in [0.15, 0.2) is 5.11 Å². The van der Waals surface area contributed by atoms with Crippen LogP contribution < -0.4 is 5.32 Å². The van der Waals surface area contributed by atoms with Crippen LogP contribution in [0.3, 0.4) is 0 Å². The van der Waals surface area contributed by atoms with Crippen molar-refractivity contribution in [2.75, 3.05) is 0 Å². The molecular weight excluding hydrogens is 419 g/mol. The molecule has 23 heavy (non-hydrogen) atoms. The van der Waals surface area contributed by atoms with Gasteiger partial charge in [0.05, 0.1) is 17.8 Å². The summed E-state index contributed by atoms with van der Waals surface area (Å²) in [6, 6.07) is 6.57. The number of hydrogen-bond acceptors (Lipinski definition) is 2. The van der Waals surface area contributed by atoms with E-state index in [0.29, 0.717) is 6.04 Å². The molecule has 0 bridgehead atoms. The first kappa shape index (κ1) is 16.7. The average molecular weight is 440 g/mol. The number of rotatable bonds is 3. The first-order chi connectivity index (χ1) is 10.9. The Hall–Kier alpha value is -1.15. The lowest BCUT2D eigenvalue weighted by atomic mass is 9.96. The van der Waals surface area contributed by atoms with Crippen molar-refractivity contribution in [3.8, 4) is 0 Å². The molecule has 1 fully saturated rings. The maximum absolute atomic E-state index is 5.64. The maximum atomic E-state index is 5.64. The fraction of sp³-hybridized carbons (Fsp3) is 0.412. The Bertz CT molecular complexity index is 726. The summed E-state index contributed by atoms with van der Waals surface area (Å²) in [6.07, 6.45) is 1.84. The molecule has 2 atom stereocenters. The molecule has 0 unspecified atom stereocenters. The van der Waals surface area contributed by atoms with Crippen molar-refractivity contribution < 1.29 is 0 Å². The summed E-state index contributed by atoms with van der Waals surface area (Å²) in [6.45, 7) is 8.63. The highest BCUT2D eigenvalue weighted by Crippen LogP contribution is 2.43. The molecule has 1 saturated heterocycles. The fourth-order valence-electron chi connectivity index (χ4n) is 3.35. The van der Waals surface area contributed by atoms with Gasteiger partial charge in [-0.2, -0.15) is 0 Å². The lowest BCUT2D eigenvalue weighted by Crippen LogP contribution is -2.35. The Morgan fingerprint density at radius 3 is 2.52 bits per heavy atom. The Morgan fingerprint density at radius 2 is 2.00 bits per heavy atom. The molecule has 6 heteroatoms. The van der Waals surface area contributed by atoms with Gasteiger partial charge in [-0.25, -0.2) is 0 Å². The van der Waals surface area contributed by atoms with E-state index in [2.05, 4.69) is 76.5 Å². The minimum atomic E-state index is 0.0634. The quantitative estimate of drug-likeness (QED) is 0.559. The molecule has 1 aliphatic rings. The van der Waals surface area contributed by atoms with Crippen LogP contribution in [0.4, 0.5) is 0 Å². The number of pyridine rings is 1. The molecule has 3 rings (SSSR count). The van der Waals surface area contributed by atoms with E-state index >= 15 is 0 Å². The van der Waals surface area contributed by atoms with Gasteiger partial charge in [0.2, 0.25) is 0 Å². The van der Waals surface area contributed by atoms with Gasteiger partial charge in [0.25, 0.3) is 0 Å². The molecule has 0 radical (unpaired) electrons. The molecule has 0 aromatic carbocycles. The zero-order chi connectivity index (χ0) is 16.7. The standard InChI is InChI=1S/C17H21IN4S/c1-9(2)22-16(13-10(3)20-11(4)14(13)18)15(21-17(22)23)12-7-5-6-8-19-12/h5-9,15-16,20H,1-4H3,(H,21,23)/t15-,16-/m1/s1. The molecule has 122 valence electrons. The smallest absolute Gasteiger partial charge is 0.170 e. The van der Waals surface area contributed by atoms with E-state index in [9.17, 15) is 0 Å². The summed E-state index contributed by atoms with van der Waals surface area (Å²) >= 11 is 8.07. The van der Waals surface area contributed by atoms with Crippen LogP contribution >= 0.6 is 34.8 Å². The van der Waals surface area contributed by atoms with Crippen molar-refractivity contribution >= 4 is 39.9 Å². The van der Waals surface area contributed by atoms with E-state index in [0.717, 1.165) is 10.8 Å². The van der Waals surface area contributed by atoms with Crippen molar-refractivity contribution in [1.82, 2.24) is 20.2 Å². The number of nitrogens with one attached hydrogen (secondary N) is 2. The number of H-pyrrole nitrogens is 1. The second kappa shape index (κ2) is 6.39. The molecule has 3 heterocycles. The summed E-state index contributed by atoms with van der Waals surface area (Å²) in [5.41, 5.74) is 4.76. The van der Waals surface area contributed by atoms with Crippen molar-refractivity contribution in [3.63, 3.8) is 0 Å². The number of hydrogen-bond donors (Lipinski definition) is 2. The highest BCUT2D eigenvalue weighted by molar-refractivity contribution is 14.1. The molecule has 2 N–H and O–H groups in total. The van der Waals surface area contributed by atoms with Crippen molar-refractivity contribution in [2.45, 2.75) is 45.8 Å². The molecule has 0 saturated carbocycles. The van der Waals surface area contributed by atoms with Gasteiger partial charge in [0, 0.05) is 32.8 Å². The van der Waals surface area contributed by atoms with E-state index in [-0.39, 0.29) is 12.1 Å². The zero-order valence-corrected chi connectivity index (χ0v) is 16.7. The molecule has 2 aromatic rings. The number of nitrogens with zero attached hydrogens (tertiary/aromatic N) is 2. The molecule has 2 aromatic heterocycles. The minimum absolute atomic E-state index is 0.0634. The summed E-state index contributed by atoms with van der Waals surface area (Å²) in [5, 5.41) is 4.29. The maximum Gasteiger partial charge on any atom is 0.170 e. The second-order valence-corrected chi connectivity index (χ2v) is 7.70. The summed E-state index contributed by atoms with van der Waals surface area (Å²) in [4.78, 5) is 10.3. The van der Waals surface area contributed by atoms with Crippen molar-refractivity contribution in [3.05, 3.63) is 50.6 Å². The average Bonchev–Trinajstić information content (AvgIpc) is 2.97. The van der Waals surface area contributed by atoms with Gasteiger partial charge in [0.1, 0.15) is 0 Å². The Morgan fingerprint density at radius 1 is 1.26 bits per heavy atom. The van der Waals surface area contributed by atoms with E-state index in [4.69, 9.17) is 12.2 Å². The Balaban J connectivity index is 2.15. The third kappa shape index (κ3) is 2.87. The highest BCUT2D eigenvalue weighted by Gasteiger charge is 2.43. The SMILES string of the molecule is Cc1[nH]c(C)c([C@@H]2[C@@H](c3ccccn3)NC(=S)N2C(C)C)c1I. The number of aryl methyl sites for hydroxylation is 2. The number of aromatic amines is 1. The summed E-state index contributed by atoms with van der Waals surface area (Å²) in [5.74, 6) is 0. The first-order valence-corrected chi connectivity index (χ1v) is 9.24. The van der Waals surface area contributed by atoms with Crippen LogP contribution in [0.5, 0.6) is 0 Å². The highest BCUT2D eigenvalue weighted by atomic mass is 127. The van der Waals surface area contributed by atoms with Gasteiger partial charge < -0.3 is 15.2 Å². The lowest BCUT2D eigenvalue weighted by molar-refractivity contribution is 0.268. The van der Waals surface area contributed by atoms with Crippen molar-refractivity contribution in [2.24, 2.45) is 0 Å².